The van der Waals surface area contributed by atoms with E-state index in [1.807, 2.05) is 0 Å². The molecule has 1 N–H and O–H groups in total. The van der Waals surface area contributed by atoms with Crippen molar-refractivity contribution in [3.05, 3.63) is 0 Å². The molecule has 0 heterocycles. The Morgan fingerprint density at radius 2 is 1.86 bits per heavy atom. The average Bonchev–Trinajstić information content (AvgIpc) is 2.76. The zero-order chi connectivity index (χ0) is 14.8. The van der Waals surface area contributed by atoms with E-state index in [4.69, 9.17) is 0 Å². The number of aliphatic hydroxyl groups is 1. The summed E-state index contributed by atoms with van der Waals surface area (Å²) in [5, 5.41) is 10.4. The van der Waals surface area contributed by atoms with Crippen LogP contribution in [0.5, 0.6) is 0 Å². The van der Waals surface area contributed by atoms with Gasteiger partial charge in [0.2, 0.25) is 0 Å². The normalized spacial score (nSPS) is 56.5. The van der Waals surface area contributed by atoms with Gasteiger partial charge in [0.15, 0.2) is 0 Å². The van der Waals surface area contributed by atoms with Crippen LogP contribution in [0.4, 0.5) is 0 Å². The highest BCUT2D eigenvalue weighted by atomic mass is 16.3. The largest absolute Gasteiger partial charge is 0.393 e. The number of aliphatic hydroxyl groups excluding tert-OH is 1. The number of carbonyl (C=O) groups is 1. The van der Waals surface area contributed by atoms with E-state index >= 15 is 0 Å². The molecule has 0 saturated heterocycles. The minimum Gasteiger partial charge on any atom is -0.393 e. The van der Waals surface area contributed by atoms with Crippen LogP contribution in [-0.4, -0.2) is 17.0 Å². The van der Waals surface area contributed by atoms with E-state index in [1.165, 1.54) is 32.1 Å². The Morgan fingerprint density at radius 3 is 2.67 bits per heavy atom. The lowest BCUT2D eigenvalue weighted by molar-refractivity contribution is -0.133. The Bertz CT molecular complexity index is 445. The van der Waals surface area contributed by atoms with E-state index in [9.17, 15) is 9.90 Å². The molecule has 4 fully saturated rings. The fraction of sp³-hybridized carbons (Fsp3) is 0.947. The second kappa shape index (κ2) is 4.81. The highest BCUT2D eigenvalue weighted by molar-refractivity contribution is 5.81. The molecule has 0 aromatic heterocycles. The summed E-state index contributed by atoms with van der Waals surface area (Å²) in [6.45, 7) is 4.50. The number of fused-ring (bicyclic) bond motifs is 5. The van der Waals surface area contributed by atoms with Gasteiger partial charge in [-0.05, 0) is 80.0 Å². The minimum absolute atomic E-state index is 0.0620. The molecular weight excluding hydrogens is 260 g/mol. The molecule has 0 amide bonds. The highest BCUT2D eigenvalue weighted by Crippen LogP contribution is 2.62. The van der Waals surface area contributed by atoms with Gasteiger partial charge in [-0.25, -0.2) is 0 Å². The van der Waals surface area contributed by atoms with Gasteiger partial charge in [-0.2, -0.15) is 0 Å². The molecule has 4 aliphatic rings. The molecule has 0 aromatic carbocycles. The van der Waals surface area contributed by atoms with E-state index in [-0.39, 0.29) is 11.5 Å². The number of hydrogen-bond acceptors (Lipinski definition) is 2. The topological polar surface area (TPSA) is 37.3 Å². The van der Waals surface area contributed by atoms with Crippen molar-refractivity contribution in [2.75, 3.05) is 0 Å². The maximum Gasteiger partial charge on any atom is 0.135 e. The summed E-state index contributed by atoms with van der Waals surface area (Å²) >= 11 is 0. The standard InChI is InChI=1S/C19H30O2/c1-11-9-15-12(10-17(11)20)3-4-14-13(15)7-8-19(2)16(14)5-6-18(19)21/h11-16,18,21H,3-10H2,1-2H3/t11-,12?,13+,14-,15+,16+,18+,19+/m1/s1. The predicted octanol–water partition coefficient (Wildman–Crippen LogP) is 3.82. The molecule has 4 aliphatic carbocycles. The van der Waals surface area contributed by atoms with Crippen LogP contribution in [0, 0.1) is 40.9 Å². The van der Waals surface area contributed by atoms with E-state index in [1.54, 1.807) is 0 Å². The van der Waals surface area contributed by atoms with Crippen molar-refractivity contribution in [2.45, 2.75) is 71.3 Å². The number of Topliss-reactive ketones (excluding diaryl/α,β-unsaturated/α-hetero) is 1. The Morgan fingerprint density at radius 1 is 1.05 bits per heavy atom. The summed E-state index contributed by atoms with van der Waals surface area (Å²) in [5.41, 5.74) is 0.199. The number of ketones is 1. The first-order chi connectivity index (χ1) is 10.0. The number of hydrogen-bond donors (Lipinski definition) is 1. The molecule has 0 spiro atoms. The van der Waals surface area contributed by atoms with Gasteiger partial charge in [-0.15, -0.1) is 0 Å². The van der Waals surface area contributed by atoms with Crippen molar-refractivity contribution < 1.29 is 9.90 Å². The molecule has 0 aliphatic heterocycles. The lowest BCUT2D eigenvalue weighted by atomic mass is 9.50. The summed E-state index contributed by atoms with van der Waals surface area (Å²) in [6, 6.07) is 0. The molecule has 8 atom stereocenters. The van der Waals surface area contributed by atoms with E-state index in [0.29, 0.717) is 17.6 Å². The second-order valence-corrected chi connectivity index (χ2v) is 8.88. The highest BCUT2D eigenvalue weighted by Gasteiger charge is 2.57. The number of carbonyl (C=O) groups excluding carboxylic acids is 1. The van der Waals surface area contributed by atoms with Crippen LogP contribution in [-0.2, 0) is 4.79 Å². The summed E-state index contributed by atoms with van der Waals surface area (Å²) in [6.07, 6.45) is 9.32. The van der Waals surface area contributed by atoms with E-state index in [0.717, 1.165) is 42.9 Å². The zero-order valence-corrected chi connectivity index (χ0v) is 13.6. The SMILES string of the molecule is C[C@@H]1C[C@H]2C(CC[C@@H]3[C@@H]2CC[C@]2(C)[C@@H](O)CC[C@@H]32)CC1=O. The molecule has 2 heteroatoms. The van der Waals surface area contributed by atoms with Crippen LogP contribution in [0.3, 0.4) is 0 Å². The van der Waals surface area contributed by atoms with Crippen LogP contribution in [0.15, 0.2) is 0 Å². The maximum atomic E-state index is 12.1. The van der Waals surface area contributed by atoms with Gasteiger partial charge in [0.25, 0.3) is 0 Å². The minimum atomic E-state index is -0.0620. The van der Waals surface area contributed by atoms with Crippen LogP contribution >= 0.6 is 0 Å². The average molecular weight is 290 g/mol. The lowest BCUT2D eigenvalue weighted by Gasteiger charge is -2.55. The quantitative estimate of drug-likeness (QED) is 0.736. The summed E-state index contributed by atoms with van der Waals surface area (Å²) in [4.78, 5) is 12.1. The summed E-state index contributed by atoms with van der Waals surface area (Å²) in [5.74, 6) is 4.74. The first kappa shape index (κ1) is 14.2. The predicted molar refractivity (Wildman–Crippen MR) is 82.7 cm³/mol. The molecule has 118 valence electrons. The molecule has 0 radical (unpaired) electrons. The van der Waals surface area contributed by atoms with E-state index < -0.39 is 0 Å². The fourth-order valence-corrected chi connectivity index (χ4v) is 6.83. The van der Waals surface area contributed by atoms with Gasteiger partial charge in [0, 0.05) is 12.3 Å². The molecule has 0 bridgehead atoms. The van der Waals surface area contributed by atoms with Crippen LogP contribution in [0.1, 0.15) is 65.2 Å². The van der Waals surface area contributed by atoms with Gasteiger partial charge in [-0.1, -0.05) is 13.8 Å². The monoisotopic (exact) mass is 290 g/mol. The van der Waals surface area contributed by atoms with Gasteiger partial charge in [0.05, 0.1) is 6.10 Å². The molecule has 0 aromatic rings. The Labute approximate surface area is 128 Å². The molecule has 4 rings (SSSR count). The fourth-order valence-electron chi connectivity index (χ4n) is 6.83. The Balaban J connectivity index is 1.58. The zero-order valence-electron chi connectivity index (χ0n) is 13.6. The van der Waals surface area contributed by atoms with Gasteiger partial charge in [-0.3, -0.25) is 4.79 Å². The summed E-state index contributed by atoms with van der Waals surface area (Å²) < 4.78 is 0. The third-order valence-corrected chi connectivity index (χ3v) is 8.11. The van der Waals surface area contributed by atoms with Crippen molar-refractivity contribution >= 4 is 5.78 Å². The molecule has 1 unspecified atom stereocenters. The van der Waals surface area contributed by atoms with Crippen LogP contribution in [0.2, 0.25) is 0 Å². The summed E-state index contributed by atoms with van der Waals surface area (Å²) in [7, 11) is 0. The van der Waals surface area contributed by atoms with Crippen molar-refractivity contribution in [1.82, 2.24) is 0 Å². The first-order valence-corrected chi connectivity index (χ1v) is 9.21. The van der Waals surface area contributed by atoms with E-state index in [2.05, 4.69) is 13.8 Å². The Kier molecular flexibility index (Phi) is 3.26. The molecular formula is C19H30O2. The first-order valence-electron chi connectivity index (χ1n) is 9.21. The van der Waals surface area contributed by atoms with Crippen molar-refractivity contribution in [1.29, 1.82) is 0 Å². The van der Waals surface area contributed by atoms with Crippen molar-refractivity contribution in [2.24, 2.45) is 40.9 Å². The van der Waals surface area contributed by atoms with Gasteiger partial charge < -0.3 is 5.11 Å². The van der Waals surface area contributed by atoms with Crippen LogP contribution < -0.4 is 0 Å². The Hall–Kier alpha value is -0.370. The van der Waals surface area contributed by atoms with Gasteiger partial charge in [0.1, 0.15) is 5.78 Å². The third kappa shape index (κ3) is 1.97. The smallest absolute Gasteiger partial charge is 0.135 e. The number of rotatable bonds is 0. The second-order valence-electron chi connectivity index (χ2n) is 8.88. The van der Waals surface area contributed by atoms with Crippen LogP contribution in [0.25, 0.3) is 0 Å². The third-order valence-electron chi connectivity index (χ3n) is 8.11. The van der Waals surface area contributed by atoms with Crippen molar-refractivity contribution in [3.8, 4) is 0 Å². The lowest BCUT2D eigenvalue weighted by Crippen LogP contribution is -2.50. The molecule has 21 heavy (non-hydrogen) atoms. The molecule has 2 nitrogen and oxygen atoms in total. The van der Waals surface area contributed by atoms with Crippen molar-refractivity contribution in [3.63, 3.8) is 0 Å². The van der Waals surface area contributed by atoms with Gasteiger partial charge >= 0.3 is 0 Å². The molecule has 4 saturated carbocycles. The maximum absolute atomic E-state index is 12.1.